The summed E-state index contributed by atoms with van der Waals surface area (Å²) in [7, 11) is 0. The molecule has 0 bridgehead atoms. The molecule has 18 heavy (non-hydrogen) atoms. The number of nitrogens with one attached hydrogen (secondary N) is 2. The van der Waals surface area contributed by atoms with Crippen LogP contribution < -0.4 is 10.6 Å². The van der Waals surface area contributed by atoms with Crippen LogP contribution in [-0.2, 0) is 4.79 Å². The molecule has 0 fully saturated rings. The minimum absolute atomic E-state index is 0.157. The predicted octanol–water partition coefficient (Wildman–Crippen LogP) is 1.94. The zero-order valence-corrected chi connectivity index (χ0v) is 12.7. The summed E-state index contributed by atoms with van der Waals surface area (Å²) in [4.78, 5) is 23.4. The fraction of sp³-hybridized carbons (Fsp3) is 0.385. The monoisotopic (exact) mass is 360 g/mol. The number of amides is 2. The normalized spacial score (nSPS) is 11.7. The average Bonchev–Trinajstić information content (AvgIpc) is 2.36. The van der Waals surface area contributed by atoms with Crippen molar-refractivity contribution in [2.45, 2.75) is 26.3 Å². The molecular weight excluding hydrogens is 343 g/mol. The molecule has 0 heterocycles. The van der Waals surface area contributed by atoms with E-state index in [0.29, 0.717) is 12.1 Å². The first-order valence-corrected chi connectivity index (χ1v) is 6.96. The molecule has 0 aliphatic heterocycles. The molecule has 0 aliphatic rings. The third-order valence-electron chi connectivity index (χ3n) is 2.40. The van der Waals surface area contributed by atoms with E-state index in [1.807, 2.05) is 19.1 Å². The molecule has 0 spiro atoms. The number of benzene rings is 1. The number of carbonyl (C=O) groups is 2. The Hall–Kier alpha value is -1.11. The summed E-state index contributed by atoms with van der Waals surface area (Å²) >= 11 is 2.18. The van der Waals surface area contributed by atoms with E-state index in [0.717, 1.165) is 9.99 Å². The van der Waals surface area contributed by atoms with Gasteiger partial charge in [0.2, 0.25) is 5.91 Å². The fourth-order valence-electron chi connectivity index (χ4n) is 1.35. The fourth-order valence-corrected chi connectivity index (χ4v) is 1.71. The summed E-state index contributed by atoms with van der Waals surface area (Å²) in [5, 5.41) is 5.41. The maximum atomic E-state index is 11.9. The van der Waals surface area contributed by atoms with Gasteiger partial charge in [0.05, 0.1) is 0 Å². The molecule has 2 amide bonds. The SMILES string of the molecule is CCCNC(=O)C(C)NC(=O)c1ccc(I)cc1. The van der Waals surface area contributed by atoms with Gasteiger partial charge in [-0.3, -0.25) is 9.59 Å². The van der Waals surface area contributed by atoms with Crippen molar-refractivity contribution in [1.29, 1.82) is 0 Å². The van der Waals surface area contributed by atoms with Crippen LogP contribution in [0.1, 0.15) is 30.6 Å². The molecule has 0 saturated carbocycles. The van der Waals surface area contributed by atoms with E-state index in [1.165, 1.54) is 0 Å². The second kappa shape index (κ2) is 7.35. The minimum atomic E-state index is -0.525. The molecule has 5 heteroatoms. The standard InChI is InChI=1S/C13H17IN2O2/c1-3-8-15-12(17)9(2)16-13(18)10-4-6-11(14)7-5-10/h4-7,9H,3,8H2,1-2H3,(H,15,17)(H,16,18). The zero-order chi connectivity index (χ0) is 13.5. The van der Waals surface area contributed by atoms with Gasteiger partial charge in [0, 0.05) is 15.7 Å². The van der Waals surface area contributed by atoms with Crippen LogP contribution in [0.4, 0.5) is 0 Å². The number of halogens is 1. The summed E-state index contributed by atoms with van der Waals surface area (Å²) < 4.78 is 1.07. The van der Waals surface area contributed by atoms with Crippen LogP contribution in [0.3, 0.4) is 0 Å². The molecule has 0 radical (unpaired) electrons. The van der Waals surface area contributed by atoms with Crippen molar-refractivity contribution < 1.29 is 9.59 Å². The van der Waals surface area contributed by atoms with Crippen LogP contribution in [0.25, 0.3) is 0 Å². The van der Waals surface area contributed by atoms with Gasteiger partial charge in [-0.1, -0.05) is 6.92 Å². The molecule has 1 aromatic rings. The maximum absolute atomic E-state index is 11.9. The van der Waals surface area contributed by atoms with E-state index in [2.05, 4.69) is 33.2 Å². The molecule has 1 rings (SSSR count). The summed E-state index contributed by atoms with van der Waals surface area (Å²) in [6.07, 6.45) is 0.879. The van der Waals surface area contributed by atoms with Gasteiger partial charge in [0.25, 0.3) is 5.91 Å². The van der Waals surface area contributed by atoms with Gasteiger partial charge in [0.1, 0.15) is 6.04 Å². The van der Waals surface area contributed by atoms with Gasteiger partial charge in [-0.15, -0.1) is 0 Å². The third kappa shape index (κ3) is 4.64. The number of hydrogen-bond donors (Lipinski definition) is 2. The Balaban J connectivity index is 2.53. The molecule has 1 atom stereocenters. The van der Waals surface area contributed by atoms with Gasteiger partial charge < -0.3 is 10.6 Å². The average molecular weight is 360 g/mol. The van der Waals surface area contributed by atoms with Crippen LogP contribution in [0.15, 0.2) is 24.3 Å². The minimum Gasteiger partial charge on any atom is -0.354 e. The molecule has 1 unspecified atom stereocenters. The molecule has 0 saturated heterocycles. The molecule has 0 aliphatic carbocycles. The Labute approximate surface area is 121 Å². The van der Waals surface area contributed by atoms with Gasteiger partial charge in [-0.05, 0) is 60.2 Å². The second-order valence-electron chi connectivity index (χ2n) is 3.99. The highest BCUT2D eigenvalue weighted by molar-refractivity contribution is 14.1. The maximum Gasteiger partial charge on any atom is 0.251 e. The molecule has 2 N–H and O–H groups in total. The van der Waals surface area contributed by atoms with Crippen molar-refractivity contribution in [3.8, 4) is 0 Å². The van der Waals surface area contributed by atoms with E-state index in [9.17, 15) is 9.59 Å². The summed E-state index contributed by atoms with van der Waals surface area (Å²) in [6, 6.07) is 6.68. The number of hydrogen-bond acceptors (Lipinski definition) is 2. The van der Waals surface area contributed by atoms with E-state index in [-0.39, 0.29) is 11.8 Å². The molecule has 4 nitrogen and oxygen atoms in total. The first-order valence-electron chi connectivity index (χ1n) is 5.88. The van der Waals surface area contributed by atoms with Gasteiger partial charge >= 0.3 is 0 Å². The van der Waals surface area contributed by atoms with Crippen molar-refractivity contribution in [1.82, 2.24) is 10.6 Å². The van der Waals surface area contributed by atoms with E-state index >= 15 is 0 Å². The van der Waals surface area contributed by atoms with Crippen molar-refractivity contribution in [2.75, 3.05) is 6.54 Å². The Kier molecular flexibility index (Phi) is 6.11. The van der Waals surface area contributed by atoms with E-state index < -0.39 is 6.04 Å². The Morgan fingerprint density at radius 1 is 1.28 bits per heavy atom. The largest absolute Gasteiger partial charge is 0.354 e. The molecular formula is C13H17IN2O2. The number of rotatable bonds is 5. The van der Waals surface area contributed by atoms with Gasteiger partial charge in [0.15, 0.2) is 0 Å². The van der Waals surface area contributed by atoms with E-state index in [1.54, 1.807) is 19.1 Å². The van der Waals surface area contributed by atoms with Crippen LogP contribution in [-0.4, -0.2) is 24.4 Å². The van der Waals surface area contributed by atoms with Crippen molar-refractivity contribution >= 4 is 34.4 Å². The zero-order valence-electron chi connectivity index (χ0n) is 10.5. The second-order valence-corrected chi connectivity index (χ2v) is 5.24. The lowest BCUT2D eigenvalue weighted by Gasteiger charge is -2.13. The van der Waals surface area contributed by atoms with Gasteiger partial charge in [-0.2, -0.15) is 0 Å². The van der Waals surface area contributed by atoms with Crippen molar-refractivity contribution in [2.24, 2.45) is 0 Å². The quantitative estimate of drug-likeness (QED) is 0.789. The molecule has 1 aromatic carbocycles. The summed E-state index contributed by atoms with van der Waals surface area (Å²) in [6.45, 7) is 4.29. The summed E-state index contributed by atoms with van der Waals surface area (Å²) in [5.74, 6) is -0.388. The first kappa shape index (κ1) is 14.9. The molecule has 0 aromatic heterocycles. The van der Waals surface area contributed by atoms with Crippen LogP contribution in [0.2, 0.25) is 0 Å². The van der Waals surface area contributed by atoms with Crippen LogP contribution in [0.5, 0.6) is 0 Å². The predicted molar refractivity (Wildman–Crippen MR) is 79.4 cm³/mol. The highest BCUT2D eigenvalue weighted by Crippen LogP contribution is 2.06. The first-order chi connectivity index (χ1) is 8.54. The number of carbonyl (C=O) groups excluding carboxylic acids is 2. The van der Waals surface area contributed by atoms with Crippen LogP contribution >= 0.6 is 22.6 Å². The van der Waals surface area contributed by atoms with Crippen molar-refractivity contribution in [3.05, 3.63) is 33.4 Å². The lowest BCUT2D eigenvalue weighted by Crippen LogP contribution is -2.44. The highest BCUT2D eigenvalue weighted by Gasteiger charge is 2.15. The Morgan fingerprint density at radius 3 is 2.44 bits per heavy atom. The lowest BCUT2D eigenvalue weighted by atomic mass is 10.2. The highest BCUT2D eigenvalue weighted by atomic mass is 127. The summed E-state index contributed by atoms with van der Waals surface area (Å²) in [5.41, 5.74) is 0.561. The molecule has 98 valence electrons. The van der Waals surface area contributed by atoms with E-state index in [4.69, 9.17) is 0 Å². The smallest absolute Gasteiger partial charge is 0.251 e. The third-order valence-corrected chi connectivity index (χ3v) is 3.12. The lowest BCUT2D eigenvalue weighted by molar-refractivity contribution is -0.122. The Bertz CT molecular complexity index is 418. The van der Waals surface area contributed by atoms with Crippen LogP contribution in [0, 0.1) is 3.57 Å². The van der Waals surface area contributed by atoms with Gasteiger partial charge in [-0.25, -0.2) is 0 Å². The van der Waals surface area contributed by atoms with Crippen molar-refractivity contribution in [3.63, 3.8) is 0 Å². The Morgan fingerprint density at radius 2 is 1.89 bits per heavy atom. The topological polar surface area (TPSA) is 58.2 Å².